The smallest absolute Gasteiger partial charge is 0.169 e. The maximum absolute atomic E-state index is 13.9. The van der Waals surface area contributed by atoms with Gasteiger partial charge in [-0.1, -0.05) is 12.1 Å². The predicted octanol–water partition coefficient (Wildman–Crippen LogP) is 2.47. The molecule has 0 unspecified atom stereocenters. The first-order chi connectivity index (χ1) is 8.19. The molecule has 0 radical (unpaired) electrons. The summed E-state index contributed by atoms with van der Waals surface area (Å²) in [6.07, 6.45) is 0. The highest BCUT2D eigenvalue weighted by Crippen LogP contribution is 2.23. The summed E-state index contributed by atoms with van der Waals surface area (Å²) in [5.74, 6) is -0.130. The van der Waals surface area contributed by atoms with E-state index in [-0.39, 0.29) is 11.6 Å². The van der Waals surface area contributed by atoms with E-state index in [4.69, 9.17) is 4.74 Å². The van der Waals surface area contributed by atoms with Crippen molar-refractivity contribution in [2.24, 2.45) is 0 Å². The number of nitrogens with one attached hydrogen (secondary N) is 1. The maximum Gasteiger partial charge on any atom is 0.169 e. The van der Waals surface area contributed by atoms with Gasteiger partial charge in [-0.05, 0) is 33.8 Å². The lowest BCUT2D eigenvalue weighted by atomic mass is 9.86. The van der Waals surface area contributed by atoms with Crippen molar-refractivity contribution in [1.82, 2.24) is 5.32 Å². The van der Waals surface area contributed by atoms with Gasteiger partial charge >= 0.3 is 0 Å². The molecular formula is C14H22FNO2. The zero-order valence-electron chi connectivity index (χ0n) is 11.7. The van der Waals surface area contributed by atoms with Gasteiger partial charge in [0.1, 0.15) is 0 Å². The lowest BCUT2D eigenvalue weighted by Crippen LogP contribution is -2.55. The molecule has 102 valence electrons. The number of hydrogen-bond acceptors (Lipinski definition) is 3. The molecule has 0 amide bonds. The average Bonchev–Trinajstić information content (AvgIpc) is 2.26. The van der Waals surface area contributed by atoms with Crippen molar-refractivity contribution in [3.8, 4) is 5.75 Å². The van der Waals surface area contributed by atoms with Crippen LogP contribution < -0.4 is 10.1 Å². The van der Waals surface area contributed by atoms with Crippen molar-refractivity contribution in [1.29, 1.82) is 0 Å². The van der Waals surface area contributed by atoms with Gasteiger partial charge in [-0.3, -0.25) is 0 Å². The SMILES string of the molecule is COc1cccc(CNC(C)(C)C(C)(C)O)c1F. The summed E-state index contributed by atoms with van der Waals surface area (Å²) in [6, 6.07) is 5.03. The van der Waals surface area contributed by atoms with E-state index in [9.17, 15) is 9.50 Å². The Morgan fingerprint density at radius 3 is 2.39 bits per heavy atom. The van der Waals surface area contributed by atoms with Crippen LogP contribution in [0.4, 0.5) is 4.39 Å². The first-order valence-corrected chi connectivity index (χ1v) is 5.98. The van der Waals surface area contributed by atoms with Crippen molar-refractivity contribution in [2.45, 2.75) is 45.4 Å². The quantitative estimate of drug-likeness (QED) is 0.849. The lowest BCUT2D eigenvalue weighted by molar-refractivity contribution is -0.00544. The zero-order chi connectivity index (χ0) is 14.0. The summed E-state index contributed by atoms with van der Waals surface area (Å²) < 4.78 is 18.8. The molecule has 2 N–H and O–H groups in total. The molecule has 1 aromatic carbocycles. The van der Waals surface area contributed by atoms with Gasteiger partial charge in [0.2, 0.25) is 0 Å². The van der Waals surface area contributed by atoms with E-state index in [0.717, 1.165) is 0 Å². The van der Waals surface area contributed by atoms with Gasteiger partial charge in [-0.15, -0.1) is 0 Å². The highest BCUT2D eigenvalue weighted by Gasteiger charge is 2.34. The molecule has 0 spiro atoms. The number of benzene rings is 1. The molecule has 0 saturated heterocycles. The molecule has 4 heteroatoms. The van der Waals surface area contributed by atoms with Crippen LogP contribution in [0.25, 0.3) is 0 Å². The van der Waals surface area contributed by atoms with E-state index in [1.165, 1.54) is 7.11 Å². The second-order valence-electron chi connectivity index (χ2n) is 5.47. The summed E-state index contributed by atoms with van der Waals surface area (Å²) in [5, 5.41) is 13.2. The van der Waals surface area contributed by atoms with E-state index in [1.807, 2.05) is 13.8 Å². The van der Waals surface area contributed by atoms with Crippen molar-refractivity contribution in [3.63, 3.8) is 0 Å². The fourth-order valence-corrected chi connectivity index (χ4v) is 1.38. The second kappa shape index (κ2) is 5.24. The highest BCUT2D eigenvalue weighted by atomic mass is 19.1. The molecule has 0 fully saturated rings. The van der Waals surface area contributed by atoms with Gasteiger partial charge in [0.25, 0.3) is 0 Å². The summed E-state index contributed by atoms with van der Waals surface area (Å²) in [7, 11) is 1.44. The van der Waals surface area contributed by atoms with E-state index in [0.29, 0.717) is 12.1 Å². The summed E-state index contributed by atoms with van der Waals surface area (Å²) >= 11 is 0. The Labute approximate surface area is 108 Å². The molecular weight excluding hydrogens is 233 g/mol. The maximum atomic E-state index is 13.9. The number of rotatable bonds is 5. The fraction of sp³-hybridized carbons (Fsp3) is 0.571. The molecule has 3 nitrogen and oxygen atoms in total. The van der Waals surface area contributed by atoms with Crippen LogP contribution in [-0.2, 0) is 6.54 Å². The minimum Gasteiger partial charge on any atom is -0.494 e. The van der Waals surface area contributed by atoms with Crippen LogP contribution in [0.2, 0.25) is 0 Å². The third kappa shape index (κ3) is 3.21. The van der Waals surface area contributed by atoms with E-state index in [1.54, 1.807) is 32.0 Å². The Morgan fingerprint density at radius 1 is 1.28 bits per heavy atom. The zero-order valence-corrected chi connectivity index (χ0v) is 11.7. The first kappa shape index (κ1) is 14.9. The number of methoxy groups -OCH3 is 1. The Kier molecular flexibility index (Phi) is 4.35. The molecule has 0 saturated carbocycles. The molecule has 0 aliphatic heterocycles. The van der Waals surface area contributed by atoms with Crippen molar-refractivity contribution < 1.29 is 14.2 Å². The Bertz CT molecular complexity index is 411. The second-order valence-corrected chi connectivity index (χ2v) is 5.47. The van der Waals surface area contributed by atoms with Crippen LogP contribution in [0.5, 0.6) is 5.75 Å². The van der Waals surface area contributed by atoms with E-state index < -0.39 is 11.1 Å². The minimum absolute atomic E-state index is 0.232. The number of hydrogen-bond donors (Lipinski definition) is 2. The fourth-order valence-electron chi connectivity index (χ4n) is 1.38. The van der Waals surface area contributed by atoms with Gasteiger partial charge in [0, 0.05) is 17.6 Å². The van der Waals surface area contributed by atoms with Crippen molar-refractivity contribution in [3.05, 3.63) is 29.6 Å². The molecule has 0 aromatic heterocycles. The average molecular weight is 255 g/mol. The summed E-state index contributed by atoms with van der Waals surface area (Å²) in [6.45, 7) is 7.54. The van der Waals surface area contributed by atoms with Crippen LogP contribution in [0, 0.1) is 5.82 Å². The number of aliphatic hydroxyl groups is 1. The van der Waals surface area contributed by atoms with Crippen molar-refractivity contribution in [2.75, 3.05) is 7.11 Å². The standard InChI is InChI=1S/C14H22FNO2/c1-13(2,14(3,4)17)16-9-10-7-6-8-11(18-5)12(10)15/h6-8,16-17H,9H2,1-5H3. The number of halogens is 1. The third-order valence-corrected chi connectivity index (χ3v) is 3.51. The lowest BCUT2D eigenvalue weighted by Gasteiger charge is -2.38. The Balaban J connectivity index is 2.82. The van der Waals surface area contributed by atoms with Gasteiger partial charge in [-0.25, -0.2) is 4.39 Å². The third-order valence-electron chi connectivity index (χ3n) is 3.51. The molecule has 1 rings (SSSR count). The van der Waals surface area contributed by atoms with Gasteiger partial charge in [0.05, 0.1) is 12.7 Å². The van der Waals surface area contributed by atoms with Crippen LogP contribution in [-0.4, -0.2) is 23.4 Å². The number of ether oxygens (including phenoxy) is 1. The first-order valence-electron chi connectivity index (χ1n) is 5.98. The van der Waals surface area contributed by atoms with Crippen LogP contribution in [0.1, 0.15) is 33.3 Å². The monoisotopic (exact) mass is 255 g/mol. The molecule has 0 aliphatic rings. The summed E-state index contributed by atoms with van der Waals surface area (Å²) in [5.41, 5.74) is -0.906. The van der Waals surface area contributed by atoms with Crippen LogP contribution >= 0.6 is 0 Å². The van der Waals surface area contributed by atoms with Gasteiger partial charge < -0.3 is 15.2 Å². The van der Waals surface area contributed by atoms with Gasteiger partial charge in [0.15, 0.2) is 11.6 Å². The highest BCUT2D eigenvalue weighted by molar-refractivity contribution is 5.31. The summed E-state index contributed by atoms with van der Waals surface area (Å²) in [4.78, 5) is 0. The molecule has 18 heavy (non-hydrogen) atoms. The molecule has 1 aromatic rings. The Morgan fingerprint density at radius 2 is 1.89 bits per heavy atom. The largest absolute Gasteiger partial charge is 0.494 e. The molecule has 0 bridgehead atoms. The topological polar surface area (TPSA) is 41.5 Å². The van der Waals surface area contributed by atoms with E-state index in [2.05, 4.69) is 5.32 Å². The predicted molar refractivity (Wildman–Crippen MR) is 70.2 cm³/mol. The van der Waals surface area contributed by atoms with Crippen molar-refractivity contribution >= 4 is 0 Å². The normalized spacial score (nSPS) is 12.6. The molecule has 0 atom stereocenters. The van der Waals surface area contributed by atoms with E-state index >= 15 is 0 Å². The molecule has 0 aliphatic carbocycles. The minimum atomic E-state index is -0.900. The van der Waals surface area contributed by atoms with Gasteiger partial charge in [-0.2, -0.15) is 0 Å². The molecule has 0 heterocycles. The van der Waals surface area contributed by atoms with Crippen LogP contribution in [0.15, 0.2) is 18.2 Å². The van der Waals surface area contributed by atoms with Crippen LogP contribution in [0.3, 0.4) is 0 Å². The Hall–Kier alpha value is -1.13.